The van der Waals surface area contributed by atoms with E-state index in [9.17, 15) is 4.79 Å². The molecule has 1 atom stereocenters. The summed E-state index contributed by atoms with van der Waals surface area (Å²) in [7, 11) is 0. The lowest BCUT2D eigenvalue weighted by Gasteiger charge is -2.15. The Hall–Kier alpha value is -1.51. The monoisotopic (exact) mass is 260 g/mol. The number of hydrogen-bond acceptors (Lipinski definition) is 2. The van der Waals surface area contributed by atoms with Crippen LogP contribution in [0.1, 0.15) is 45.1 Å². The van der Waals surface area contributed by atoms with Crippen LogP contribution in [0, 0.1) is 0 Å². The van der Waals surface area contributed by atoms with Crippen molar-refractivity contribution in [2.75, 3.05) is 5.32 Å². The number of benzene rings is 1. The molecule has 3 nitrogen and oxygen atoms in total. The Balaban J connectivity index is 1.82. The van der Waals surface area contributed by atoms with Gasteiger partial charge in [-0.25, -0.2) is 0 Å². The van der Waals surface area contributed by atoms with E-state index in [0.717, 1.165) is 24.9 Å². The number of aryl methyl sites for hydroxylation is 1. The summed E-state index contributed by atoms with van der Waals surface area (Å²) in [6, 6.07) is 8.65. The summed E-state index contributed by atoms with van der Waals surface area (Å²) >= 11 is 0. The first-order valence-electron chi connectivity index (χ1n) is 7.35. The van der Waals surface area contributed by atoms with E-state index in [1.807, 2.05) is 6.92 Å². The van der Waals surface area contributed by atoms with E-state index < -0.39 is 0 Å². The highest BCUT2D eigenvalue weighted by atomic mass is 16.2. The summed E-state index contributed by atoms with van der Waals surface area (Å²) < 4.78 is 0. The van der Waals surface area contributed by atoms with Crippen LogP contribution in [-0.4, -0.2) is 18.0 Å². The highest BCUT2D eigenvalue weighted by molar-refractivity contribution is 5.84. The molecule has 2 N–H and O–H groups in total. The fraction of sp³-hybridized carbons (Fsp3) is 0.562. The Morgan fingerprint density at radius 1 is 1.32 bits per heavy atom. The first-order valence-corrected chi connectivity index (χ1v) is 7.35. The molecule has 1 unspecified atom stereocenters. The maximum atomic E-state index is 11.8. The van der Waals surface area contributed by atoms with Crippen molar-refractivity contribution in [2.45, 2.75) is 58.0 Å². The summed E-state index contributed by atoms with van der Waals surface area (Å²) in [4.78, 5) is 11.8. The SMILES string of the molecule is CCCCc1ccc(NC(C)C(=O)NC2CC2)cc1. The molecule has 0 bridgehead atoms. The number of nitrogens with one attached hydrogen (secondary N) is 2. The van der Waals surface area contributed by atoms with Gasteiger partial charge < -0.3 is 10.6 Å². The van der Waals surface area contributed by atoms with Gasteiger partial charge in [0, 0.05) is 11.7 Å². The highest BCUT2D eigenvalue weighted by Gasteiger charge is 2.25. The molecule has 0 aromatic heterocycles. The molecular formula is C16H24N2O. The lowest BCUT2D eigenvalue weighted by molar-refractivity contribution is -0.121. The number of carbonyl (C=O) groups excluding carboxylic acids is 1. The van der Waals surface area contributed by atoms with Crippen LogP contribution in [0.3, 0.4) is 0 Å². The van der Waals surface area contributed by atoms with E-state index >= 15 is 0 Å². The normalized spacial score (nSPS) is 15.9. The van der Waals surface area contributed by atoms with E-state index in [-0.39, 0.29) is 11.9 Å². The Kier molecular flexibility index (Phi) is 4.83. The Labute approximate surface area is 115 Å². The number of rotatable bonds is 7. The van der Waals surface area contributed by atoms with Crippen molar-refractivity contribution in [1.82, 2.24) is 5.32 Å². The molecule has 104 valence electrons. The summed E-state index contributed by atoms with van der Waals surface area (Å²) in [5.41, 5.74) is 2.38. The van der Waals surface area contributed by atoms with Crippen molar-refractivity contribution >= 4 is 11.6 Å². The smallest absolute Gasteiger partial charge is 0.242 e. The topological polar surface area (TPSA) is 41.1 Å². The number of hydrogen-bond donors (Lipinski definition) is 2. The first kappa shape index (κ1) is 13.9. The van der Waals surface area contributed by atoms with Crippen molar-refractivity contribution in [2.24, 2.45) is 0 Å². The van der Waals surface area contributed by atoms with Crippen molar-refractivity contribution in [3.63, 3.8) is 0 Å². The third-order valence-electron chi connectivity index (χ3n) is 3.47. The van der Waals surface area contributed by atoms with Crippen LogP contribution in [0.5, 0.6) is 0 Å². The Morgan fingerprint density at radius 3 is 2.58 bits per heavy atom. The Morgan fingerprint density at radius 2 is 2.00 bits per heavy atom. The van der Waals surface area contributed by atoms with Crippen LogP contribution in [-0.2, 0) is 11.2 Å². The fourth-order valence-electron chi connectivity index (χ4n) is 2.02. The molecule has 1 amide bonds. The number of amides is 1. The largest absolute Gasteiger partial charge is 0.374 e. The minimum atomic E-state index is -0.179. The summed E-state index contributed by atoms with van der Waals surface area (Å²) in [6.07, 6.45) is 5.84. The third-order valence-corrected chi connectivity index (χ3v) is 3.47. The van der Waals surface area contributed by atoms with Crippen LogP contribution in [0.4, 0.5) is 5.69 Å². The van der Waals surface area contributed by atoms with Gasteiger partial charge in [0.15, 0.2) is 0 Å². The second-order valence-corrected chi connectivity index (χ2v) is 5.45. The molecule has 1 aliphatic rings. The molecule has 2 rings (SSSR count). The molecule has 1 aromatic carbocycles. The van der Waals surface area contributed by atoms with Gasteiger partial charge in [-0.1, -0.05) is 25.5 Å². The van der Waals surface area contributed by atoms with Gasteiger partial charge in [0.05, 0.1) is 0 Å². The molecule has 0 aliphatic heterocycles. The fourth-order valence-corrected chi connectivity index (χ4v) is 2.02. The average Bonchev–Trinajstić information content (AvgIpc) is 3.22. The average molecular weight is 260 g/mol. The molecular weight excluding hydrogens is 236 g/mol. The summed E-state index contributed by atoms with van der Waals surface area (Å²) in [5.74, 6) is 0.0950. The van der Waals surface area contributed by atoms with Gasteiger partial charge in [0.2, 0.25) is 5.91 Å². The molecule has 0 spiro atoms. The standard InChI is InChI=1S/C16H24N2O/c1-3-4-5-13-6-8-14(9-7-13)17-12(2)16(19)18-15-10-11-15/h6-9,12,15,17H,3-5,10-11H2,1-2H3,(H,18,19). The van der Waals surface area contributed by atoms with E-state index in [1.165, 1.54) is 18.4 Å². The second kappa shape index (κ2) is 6.60. The van der Waals surface area contributed by atoms with E-state index in [0.29, 0.717) is 6.04 Å². The number of anilines is 1. The summed E-state index contributed by atoms with van der Waals surface area (Å²) in [5, 5.41) is 6.26. The zero-order valence-electron chi connectivity index (χ0n) is 11.9. The predicted molar refractivity (Wildman–Crippen MR) is 79.3 cm³/mol. The van der Waals surface area contributed by atoms with E-state index in [2.05, 4.69) is 41.8 Å². The minimum absolute atomic E-state index is 0.0950. The molecule has 1 aliphatic carbocycles. The van der Waals surface area contributed by atoms with Gasteiger partial charge >= 0.3 is 0 Å². The third kappa shape index (κ3) is 4.58. The molecule has 0 radical (unpaired) electrons. The van der Waals surface area contributed by atoms with E-state index in [4.69, 9.17) is 0 Å². The maximum absolute atomic E-state index is 11.8. The van der Waals surface area contributed by atoms with Gasteiger partial charge in [-0.05, 0) is 50.3 Å². The van der Waals surface area contributed by atoms with Gasteiger partial charge in [-0.15, -0.1) is 0 Å². The molecule has 1 aromatic rings. The van der Waals surface area contributed by atoms with Crippen molar-refractivity contribution in [1.29, 1.82) is 0 Å². The molecule has 19 heavy (non-hydrogen) atoms. The number of carbonyl (C=O) groups is 1. The van der Waals surface area contributed by atoms with Crippen LogP contribution < -0.4 is 10.6 Å². The van der Waals surface area contributed by atoms with Gasteiger partial charge in [0.25, 0.3) is 0 Å². The lowest BCUT2D eigenvalue weighted by atomic mass is 10.1. The van der Waals surface area contributed by atoms with Gasteiger partial charge in [-0.3, -0.25) is 4.79 Å². The number of unbranched alkanes of at least 4 members (excludes halogenated alkanes) is 1. The molecule has 3 heteroatoms. The molecule has 0 saturated heterocycles. The van der Waals surface area contributed by atoms with Gasteiger partial charge in [-0.2, -0.15) is 0 Å². The van der Waals surface area contributed by atoms with Crippen molar-refractivity contribution in [3.8, 4) is 0 Å². The minimum Gasteiger partial charge on any atom is -0.374 e. The molecule has 0 heterocycles. The second-order valence-electron chi connectivity index (χ2n) is 5.45. The van der Waals surface area contributed by atoms with Crippen LogP contribution in [0.2, 0.25) is 0 Å². The van der Waals surface area contributed by atoms with Crippen molar-refractivity contribution in [3.05, 3.63) is 29.8 Å². The van der Waals surface area contributed by atoms with Crippen LogP contribution in [0.25, 0.3) is 0 Å². The van der Waals surface area contributed by atoms with E-state index in [1.54, 1.807) is 0 Å². The Bertz CT molecular complexity index is 409. The van der Waals surface area contributed by atoms with Crippen LogP contribution >= 0.6 is 0 Å². The zero-order valence-corrected chi connectivity index (χ0v) is 11.9. The zero-order chi connectivity index (χ0) is 13.7. The predicted octanol–water partition coefficient (Wildman–Crippen LogP) is 3.11. The van der Waals surface area contributed by atoms with Gasteiger partial charge in [0.1, 0.15) is 6.04 Å². The van der Waals surface area contributed by atoms with Crippen molar-refractivity contribution < 1.29 is 4.79 Å². The molecule has 1 fully saturated rings. The quantitative estimate of drug-likeness (QED) is 0.791. The highest BCUT2D eigenvalue weighted by Crippen LogP contribution is 2.19. The summed E-state index contributed by atoms with van der Waals surface area (Å²) in [6.45, 7) is 4.11. The molecule has 1 saturated carbocycles. The first-order chi connectivity index (χ1) is 9.19. The van der Waals surface area contributed by atoms with Crippen LogP contribution in [0.15, 0.2) is 24.3 Å². The maximum Gasteiger partial charge on any atom is 0.242 e. The lowest BCUT2D eigenvalue weighted by Crippen LogP contribution is -2.38.